The van der Waals surface area contributed by atoms with Crippen molar-refractivity contribution in [2.45, 2.75) is 6.18 Å². The van der Waals surface area contributed by atoms with E-state index in [1.54, 1.807) is 18.2 Å². The van der Waals surface area contributed by atoms with Gasteiger partial charge >= 0.3 is 6.18 Å². The molecular weight excluding hydrogens is 291 g/mol. The maximum Gasteiger partial charge on any atom is 0.418 e. The standard InChI is InChI=1S/C14H9ClF3NO/c15-11-8-4-7-10(14(16,17)18)12(11)19-13(20)9-5-2-1-3-6-9/h1-8H,(H,19,20). The molecule has 1 N–H and O–H groups in total. The van der Waals surface area contributed by atoms with Crippen molar-refractivity contribution in [2.75, 3.05) is 5.32 Å². The summed E-state index contributed by atoms with van der Waals surface area (Å²) in [5.74, 6) is -0.649. The van der Waals surface area contributed by atoms with E-state index in [9.17, 15) is 18.0 Å². The Bertz CT molecular complexity index is 626. The molecule has 0 aliphatic carbocycles. The van der Waals surface area contributed by atoms with Gasteiger partial charge in [-0.15, -0.1) is 0 Å². The van der Waals surface area contributed by atoms with Gasteiger partial charge in [-0.3, -0.25) is 4.79 Å². The van der Waals surface area contributed by atoms with Crippen molar-refractivity contribution < 1.29 is 18.0 Å². The Morgan fingerprint density at radius 3 is 2.25 bits per heavy atom. The number of rotatable bonds is 2. The van der Waals surface area contributed by atoms with Crippen LogP contribution in [-0.4, -0.2) is 5.91 Å². The normalized spacial score (nSPS) is 11.2. The van der Waals surface area contributed by atoms with Crippen LogP contribution in [0, 0.1) is 0 Å². The predicted octanol–water partition coefficient (Wildman–Crippen LogP) is 4.61. The van der Waals surface area contributed by atoms with Crippen molar-refractivity contribution in [3.63, 3.8) is 0 Å². The highest BCUT2D eigenvalue weighted by atomic mass is 35.5. The minimum atomic E-state index is -4.59. The largest absolute Gasteiger partial charge is 0.418 e. The number of anilines is 1. The summed E-state index contributed by atoms with van der Waals surface area (Å²) in [7, 11) is 0. The van der Waals surface area contributed by atoms with Crippen molar-refractivity contribution in [1.82, 2.24) is 0 Å². The topological polar surface area (TPSA) is 29.1 Å². The van der Waals surface area contributed by atoms with Crippen LogP contribution in [-0.2, 0) is 6.18 Å². The molecule has 0 aliphatic rings. The molecule has 6 heteroatoms. The summed E-state index contributed by atoms with van der Waals surface area (Å²) < 4.78 is 38.6. The van der Waals surface area contributed by atoms with E-state index in [-0.39, 0.29) is 10.6 Å². The fraction of sp³-hybridized carbons (Fsp3) is 0.0714. The smallest absolute Gasteiger partial charge is 0.320 e. The van der Waals surface area contributed by atoms with Crippen LogP contribution in [0.2, 0.25) is 5.02 Å². The second-order valence-corrected chi connectivity index (χ2v) is 4.39. The van der Waals surface area contributed by atoms with E-state index in [0.29, 0.717) is 0 Å². The summed E-state index contributed by atoms with van der Waals surface area (Å²) in [6.07, 6.45) is -4.59. The fourth-order valence-corrected chi connectivity index (χ4v) is 1.88. The van der Waals surface area contributed by atoms with Crippen LogP contribution in [0.3, 0.4) is 0 Å². The number of halogens is 4. The van der Waals surface area contributed by atoms with Crippen molar-refractivity contribution in [3.05, 3.63) is 64.7 Å². The zero-order valence-electron chi connectivity index (χ0n) is 10.0. The highest BCUT2D eigenvalue weighted by Gasteiger charge is 2.34. The lowest BCUT2D eigenvalue weighted by atomic mass is 10.1. The van der Waals surface area contributed by atoms with Gasteiger partial charge in [-0.2, -0.15) is 13.2 Å². The number of nitrogens with one attached hydrogen (secondary N) is 1. The molecule has 1 amide bonds. The van der Waals surface area contributed by atoms with Crippen molar-refractivity contribution in [1.29, 1.82) is 0 Å². The average Bonchev–Trinajstić information content (AvgIpc) is 2.40. The van der Waals surface area contributed by atoms with Gasteiger partial charge in [-0.25, -0.2) is 0 Å². The van der Waals surface area contributed by atoms with Crippen molar-refractivity contribution >= 4 is 23.2 Å². The Morgan fingerprint density at radius 2 is 1.65 bits per heavy atom. The molecule has 0 bridgehead atoms. The van der Waals surface area contributed by atoms with E-state index in [2.05, 4.69) is 5.32 Å². The first-order valence-corrected chi connectivity index (χ1v) is 5.99. The number of benzene rings is 2. The van der Waals surface area contributed by atoms with Crippen LogP contribution >= 0.6 is 11.6 Å². The van der Waals surface area contributed by atoms with Gasteiger partial charge in [-0.1, -0.05) is 35.9 Å². The molecule has 2 aromatic rings. The third-order valence-electron chi connectivity index (χ3n) is 2.59. The summed E-state index contributed by atoms with van der Waals surface area (Å²) in [6, 6.07) is 11.3. The summed E-state index contributed by atoms with van der Waals surface area (Å²) in [5, 5.41) is 2.05. The fourth-order valence-electron chi connectivity index (χ4n) is 1.66. The van der Waals surface area contributed by atoms with E-state index >= 15 is 0 Å². The van der Waals surface area contributed by atoms with Crippen LogP contribution in [0.15, 0.2) is 48.5 Å². The van der Waals surface area contributed by atoms with Gasteiger partial charge in [0.25, 0.3) is 5.91 Å². The Morgan fingerprint density at radius 1 is 1.00 bits per heavy atom. The molecule has 0 radical (unpaired) electrons. The Balaban J connectivity index is 2.37. The van der Waals surface area contributed by atoms with Gasteiger partial charge in [0.2, 0.25) is 0 Å². The van der Waals surface area contributed by atoms with Crippen LogP contribution in [0.5, 0.6) is 0 Å². The average molecular weight is 300 g/mol. The number of hydrogen-bond acceptors (Lipinski definition) is 1. The molecule has 0 heterocycles. The van der Waals surface area contributed by atoms with Gasteiger partial charge < -0.3 is 5.32 Å². The summed E-state index contributed by atoms with van der Waals surface area (Å²) in [6.45, 7) is 0. The Labute approximate surface area is 118 Å². The SMILES string of the molecule is O=C(Nc1c(Cl)cccc1C(F)(F)F)c1ccccc1. The van der Waals surface area contributed by atoms with E-state index in [1.807, 2.05) is 0 Å². The lowest BCUT2D eigenvalue weighted by Crippen LogP contribution is -2.17. The molecule has 0 atom stereocenters. The molecule has 0 spiro atoms. The number of para-hydroxylation sites is 1. The molecule has 0 aliphatic heterocycles. The zero-order valence-corrected chi connectivity index (χ0v) is 10.8. The summed E-state index contributed by atoms with van der Waals surface area (Å²) >= 11 is 5.75. The summed E-state index contributed by atoms with van der Waals surface area (Å²) in [5.41, 5.74) is -1.16. The third kappa shape index (κ3) is 3.11. The molecule has 104 valence electrons. The molecule has 2 aromatic carbocycles. The molecule has 0 fully saturated rings. The van der Waals surface area contributed by atoms with Gasteiger partial charge in [0.15, 0.2) is 0 Å². The molecule has 0 saturated carbocycles. The van der Waals surface area contributed by atoms with E-state index in [1.165, 1.54) is 24.3 Å². The molecule has 2 rings (SSSR count). The second-order valence-electron chi connectivity index (χ2n) is 3.98. The number of carbonyl (C=O) groups is 1. The van der Waals surface area contributed by atoms with Gasteiger partial charge in [0, 0.05) is 5.56 Å². The van der Waals surface area contributed by atoms with Crippen LogP contribution in [0.25, 0.3) is 0 Å². The minimum absolute atomic E-state index is 0.163. The number of carbonyl (C=O) groups excluding carboxylic acids is 1. The molecular formula is C14H9ClF3NO. The highest BCUT2D eigenvalue weighted by molar-refractivity contribution is 6.34. The quantitative estimate of drug-likeness (QED) is 0.862. The zero-order chi connectivity index (χ0) is 14.8. The molecule has 0 unspecified atom stereocenters. The molecule has 20 heavy (non-hydrogen) atoms. The maximum absolute atomic E-state index is 12.9. The molecule has 0 saturated heterocycles. The van der Waals surface area contributed by atoms with Crippen molar-refractivity contribution in [2.24, 2.45) is 0 Å². The van der Waals surface area contributed by atoms with Crippen LogP contribution in [0.1, 0.15) is 15.9 Å². The van der Waals surface area contributed by atoms with Gasteiger partial charge in [-0.05, 0) is 24.3 Å². The van der Waals surface area contributed by atoms with Crippen LogP contribution in [0.4, 0.5) is 18.9 Å². The van der Waals surface area contributed by atoms with Crippen molar-refractivity contribution in [3.8, 4) is 0 Å². The monoisotopic (exact) mass is 299 g/mol. The number of alkyl halides is 3. The molecule has 0 aromatic heterocycles. The van der Waals surface area contributed by atoms with E-state index < -0.39 is 23.3 Å². The molecule has 2 nitrogen and oxygen atoms in total. The van der Waals surface area contributed by atoms with E-state index in [0.717, 1.165) is 6.07 Å². The Hall–Kier alpha value is -2.01. The summed E-state index contributed by atoms with van der Waals surface area (Å²) in [4.78, 5) is 11.9. The number of amides is 1. The predicted molar refractivity (Wildman–Crippen MR) is 70.8 cm³/mol. The van der Waals surface area contributed by atoms with Gasteiger partial charge in [0.1, 0.15) is 0 Å². The van der Waals surface area contributed by atoms with Gasteiger partial charge in [0.05, 0.1) is 16.3 Å². The first-order chi connectivity index (χ1) is 9.39. The first kappa shape index (κ1) is 14.4. The number of hydrogen-bond donors (Lipinski definition) is 1. The van der Waals surface area contributed by atoms with E-state index in [4.69, 9.17) is 11.6 Å². The first-order valence-electron chi connectivity index (χ1n) is 5.61. The lowest BCUT2D eigenvalue weighted by molar-refractivity contribution is -0.136. The third-order valence-corrected chi connectivity index (χ3v) is 2.91. The van der Waals surface area contributed by atoms with Crippen LogP contribution < -0.4 is 5.32 Å². The highest BCUT2D eigenvalue weighted by Crippen LogP contribution is 2.38. The Kier molecular flexibility index (Phi) is 3.99. The second kappa shape index (κ2) is 5.54. The maximum atomic E-state index is 12.9. The lowest BCUT2D eigenvalue weighted by Gasteiger charge is -2.15. The minimum Gasteiger partial charge on any atom is -0.320 e.